The molecule has 1 aromatic heterocycles. The van der Waals surface area contributed by atoms with Crippen LogP contribution in [0.5, 0.6) is 5.75 Å². The van der Waals surface area contributed by atoms with Crippen molar-refractivity contribution < 1.29 is 13.9 Å². The number of rotatable bonds is 9. The Bertz CT molecular complexity index is 640. The number of amides is 1. The van der Waals surface area contributed by atoms with Gasteiger partial charge < -0.3 is 14.5 Å². The molecule has 24 heavy (non-hydrogen) atoms. The van der Waals surface area contributed by atoms with Crippen LogP contribution in [0.1, 0.15) is 36.3 Å². The minimum atomic E-state index is -0.0961. The smallest absolute Gasteiger partial charge is 0.230 e. The molecule has 1 heterocycles. The lowest BCUT2D eigenvalue weighted by Crippen LogP contribution is -2.28. The molecule has 5 heteroatoms. The van der Waals surface area contributed by atoms with Crippen LogP contribution in [0.25, 0.3) is 0 Å². The highest BCUT2D eigenvalue weighted by Crippen LogP contribution is 2.17. The fourth-order valence-electron chi connectivity index (χ4n) is 2.21. The summed E-state index contributed by atoms with van der Waals surface area (Å²) in [6.45, 7) is 6.76. The largest absolute Gasteiger partial charge is 0.494 e. The molecule has 0 spiro atoms. The van der Waals surface area contributed by atoms with E-state index in [4.69, 9.17) is 9.15 Å². The number of carbonyl (C=O) groups excluding carboxylic acids is 1. The number of ether oxygens (including phenoxy) is 1. The molecular formula is C19H25NO3S. The van der Waals surface area contributed by atoms with E-state index in [1.807, 2.05) is 25.1 Å². The number of hydrogen-bond donors (Lipinski definition) is 1. The number of carbonyl (C=O) groups is 1. The minimum absolute atomic E-state index is 0.0268. The summed E-state index contributed by atoms with van der Waals surface area (Å²) in [6.07, 6.45) is 2.53. The van der Waals surface area contributed by atoms with Crippen LogP contribution in [0.2, 0.25) is 0 Å². The summed E-state index contributed by atoms with van der Waals surface area (Å²) >= 11 is 1.62. The fourth-order valence-corrected chi connectivity index (χ4v) is 2.95. The molecule has 1 N–H and O–H groups in total. The summed E-state index contributed by atoms with van der Waals surface area (Å²) in [5.74, 6) is 3.06. The maximum atomic E-state index is 11.9. The Labute approximate surface area is 148 Å². The van der Waals surface area contributed by atoms with Gasteiger partial charge in [-0.05, 0) is 68.3 Å². The molecule has 0 saturated heterocycles. The van der Waals surface area contributed by atoms with Crippen molar-refractivity contribution >= 4 is 17.7 Å². The average Bonchev–Trinajstić information content (AvgIpc) is 3.08. The summed E-state index contributed by atoms with van der Waals surface area (Å²) < 4.78 is 11.0. The minimum Gasteiger partial charge on any atom is -0.494 e. The van der Waals surface area contributed by atoms with E-state index in [0.717, 1.165) is 23.7 Å². The zero-order valence-electron chi connectivity index (χ0n) is 14.5. The van der Waals surface area contributed by atoms with Crippen molar-refractivity contribution in [1.82, 2.24) is 5.32 Å². The maximum absolute atomic E-state index is 11.9. The summed E-state index contributed by atoms with van der Waals surface area (Å²) in [6, 6.07) is 9.72. The monoisotopic (exact) mass is 347 g/mol. The number of hydrogen-bond acceptors (Lipinski definition) is 4. The van der Waals surface area contributed by atoms with Crippen LogP contribution in [0.4, 0.5) is 0 Å². The third-order valence-corrected chi connectivity index (χ3v) is 4.80. The van der Waals surface area contributed by atoms with Gasteiger partial charge in [0.15, 0.2) is 0 Å². The Morgan fingerprint density at radius 1 is 1.29 bits per heavy atom. The molecule has 1 atom stereocenters. The van der Waals surface area contributed by atoms with Gasteiger partial charge in [0.05, 0.1) is 24.7 Å². The highest BCUT2D eigenvalue weighted by atomic mass is 32.2. The molecule has 0 radical (unpaired) electrons. The van der Waals surface area contributed by atoms with Gasteiger partial charge in [0, 0.05) is 0 Å². The van der Waals surface area contributed by atoms with E-state index in [0.29, 0.717) is 12.4 Å². The van der Waals surface area contributed by atoms with Gasteiger partial charge in [0.25, 0.3) is 0 Å². The molecule has 0 aliphatic rings. The number of aryl methyl sites for hydroxylation is 2. The molecular weight excluding hydrogens is 322 g/mol. The second-order valence-corrected chi connectivity index (χ2v) is 6.91. The van der Waals surface area contributed by atoms with Crippen molar-refractivity contribution in [2.45, 2.75) is 33.2 Å². The topological polar surface area (TPSA) is 51.5 Å². The summed E-state index contributed by atoms with van der Waals surface area (Å²) in [4.78, 5) is 11.9. The van der Waals surface area contributed by atoms with Crippen molar-refractivity contribution in [2.24, 2.45) is 0 Å². The first-order chi connectivity index (χ1) is 11.6. The third kappa shape index (κ3) is 5.96. The van der Waals surface area contributed by atoms with E-state index in [1.54, 1.807) is 18.0 Å². The van der Waals surface area contributed by atoms with E-state index in [9.17, 15) is 4.79 Å². The fraction of sp³-hybridized carbons (Fsp3) is 0.421. The van der Waals surface area contributed by atoms with Crippen molar-refractivity contribution in [1.29, 1.82) is 0 Å². The summed E-state index contributed by atoms with van der Waals surface area (Å²) in [5.41, 5.74) is 2.51. The van der Waals surface area contributed by atoms with Gasteiger partial charge in [-0.15, -0.1) is 0 Å². The zero-order valence-corrected chi connectivity index (χ0v) is 15.3. The van der Waals surface area contributed by atoms with Crippen LogP contribution < -0.4 is 10.1 Å². The quantitative estimate of drug-likeness (QED) is 0.688. The molecule has 0 saturated carbocycles. The molecule has 130 valence electrons. The normalized spacial score (nSPS) is 12.0. The number of furan rings is 1. The van der Waals surface area contributed by atoms with Crippen LogP contribution in [-0.2, 0) is 4.79 Å². The van der Waals surface area contributed by atoms with Gasteiger partial charge in [-0.2, -0.15) is 11.8 Å². The van der Waals surface area contributed by atoms with Crippen LogP contribution in [0, 0.1) is 13.8 Å². The van der Waals surface area contributed by atoms with Crippen LogP contribution in [-0.4, -0.2) is 24.0 Å². The Morgan fingerprint density at radius 3 is 2.83 bits per heavy atom. The van der Waals surface area contributed by atoms with Gasteiger partial charge in [-0.1, -0.05) is 6.07 Å². The number of benzene rings is 1. The summed E-state index contributed by atoms with van der Waals surface area (Å²) in [5, 5.41) is 2.93. The van der Waals surface area contributed by atoms with Crippen molar-refractivity contribution in [3.63, 3.8) is 0 Å². The van der Waals surface area contributed by atoms with Gasteiger partial charge in [-0.25, -0.2) is 0 Å². The average molecular weight is 347 g/mol. The predicted molar refractivity (Wildman–Crippen MR) is 98.6 cm³/mol. The van der Waals surface area contributed by atoms with E-state index in [1.165, 1.54) is 11.1 Å². The maximum Gasteiger partial charge on any atom is 0.230 e. The molecule has 2 aromatic rings. The lowest BCUT2D eigenvalue weighted by molar-refractivity contribution is -0.119. The first-order valence-electron chi connectivity index (χ1n) is 8.17. The molecule has 0 bridgehead atoms. The SMILES string of the molecule is Cc1ccc(OCCCSCC(=O)NC(C)c2ccco2)cc1C. The lowest BCUT2D eigenvalue weighted by Gasteiger charge is -2.11. The van der Waals surface area contributed by atoms with Crippen molar-refractivity contribution in [3.8, 4) is 5.75 Å². The van der Waals surface area contributed by atoms with Crippen LogP contribution in [0.3, 0.4) is 0 Å². The van der Waals surface area contributed by atoms with E-state index < -0.39 is 0 Å². The first-order valence-corrected chi connectivity index (χ1v) is 9.32. The van der Waals surface area contributed by atoms with Crippen molar-refractivity contribution in [2.75, 3.05) is 18.1 Å². The lowest BCUT2D eigenvalue weighted by atomic mass is 10.1. The predicted octanol–water partition coefficient (Wildman–Crippen LogP) is 4.28. The van der Waals surface area contributed by atoms with E-state index in [-0.39, 0.29) is 11.9 Å². The van der Waals surface area contributed by atoms with Gasteiger partial charge in [0.2, 0.25) is 5.91 Å². The van der Waals surface area contributed by atoms with Gasteiger partial charge in [0.1, 0.15) is 11.5 Å². The van der Waals surface area contributed by atoms with E-state index in [2.05, 4.69) is 31.3 Å². The second-order valence-electron chi connectivity index (χ2n) is 5.81. The van der Waals surface area contributed by atoms with Gasteiger partial charge in [-0.3, -0.25) is 4.79 Å². The number of nitrogens with one attached hydrogen (secondary N) is 1. The highest BCUT2D eigenvalue weighted by molar-refractivity contribution is 7.99. The summed E-state index contributed by atoms with van der Waals surface area (Å²) in [7, 11) is 0. The molecule has 0 aliphatic heterocycles. The number of thioether (sulfide) groups is 1. The highest BCUT2D eigenvalue weighted by Gasteiger charge is 2.11. The molecule has 0 fully saturated rings. The van der Waals surface area contributed by atoms with E-state index >= 15 is 0 Å². The Morgan fingerprint density at radius 2 is 2.12 bits per heavy atom. The molecule has 1 amide bonds. The molecule has 2 rings (SSSR count). The molecule has 4 nitrogen and oxygen atoms in total. The van der Waals surface area contributed by atoms with Gasteiger partial charge >= 0.3 is 0 Å². The third-order valence-electron chi connectivity index (χ3n) is 3.76. The van der Waals surface area contributed by atoms with Crippen molar-refractivity contribution in [3.05, 3.63) is 53.5 Å². The molecule has 1 unspecified atom stereocenters. The van der Waals surface area contributed by atoms with Crippen LogP contribution >= 0.6 is 11.8 Å². The molecule has 1 aromatic carbocycles. The zero-order chi connectivity index (χ0) is 17.4. The van der Waals surface area contributed by atoms with Crippen LogP contribution in [0.15, 0.2) is 41.0 Å². The molecule has 0 aliphatic carbocycles. The standard InChI is InChI=1S/C19H25NO3S/c1-14-7-8-17(12-15(14)2)22-10-5-11-24-13-19(21)20-16(3)18-6-4-9-23-18/h4,6-9,12,16H,5,10-11,13H2,1-3H3,(H,20,21). The first kappa shape index (κ1) is 18.5. The Balaban J connectivity index is 1.56. The second kappa shape index (κ2) is 9.42. The Hall–Kier alpha value is -1.88. The Kier molecular flexibility index (Phi) is 7.25.